The number of urea groups is 1. The second-order valence-electron chi connectivity index (χ2n) is 6.04. The quantitative estimate of drug-likeness (QED) is 0.839. The zero-order valence-corrected chi connectivity index (χ0v) is 14.0. The van der Waals surface area contributed by atoms with Crippen LogP contribution in [-0.2, 0) is 11.3 Å². The van der Waals surface area contributed by atoms with Crippen molar-refractivity contribution in [3.05, 3.63) is 17.7 Å². The largest absolute Gasteiger partial charge is 0.378 e. The molecule has 0 spiro atoms. The van der Waals surface area contributed by atoms with Crippen molar-refractivity contribution in [2.45, 2.75) is 52.2 Å². The summed E-state index contributed by atoms with van der Waals surface area (Å²) in [5, 5.41) is 2.95. The number of nitrogens with one attached hydrogen (secondary N) is 1. The van der Waals surface area contributed by atoms with E-state index in [0.29, 0.717) is 12.6 Å². The summed E-state index contributed by atoms with van der Waals surface area (Å²) in [6, 6.07) is -0.0122. The van der Waals surface area contributed by atoms with Crippen LogP contribution in [0.5, 0.6) is 0 Å². The van der Waals surface area contributed by atoms with E-state index < -0.39 is 0 Å². The number of nitrogens with zero attached hydrogens (tertiary/aromatic N) is 3. The van der Waals surface area contributed by atoms with Gasteiger partial charge in [-0.25, -0.2) is 9.78 Å². The molecule has 0 aromatic carbocycles. The maximum Gasteiger partial charge on any atom is 0.317 e. The molecule has 1 aliphatic rings. The van der Waals surface area contributed by atoms with Crippen LogP contribution in [0.1, 0.15) is 37.1 Å². The first kappa shape index (κ1) is 16.8. The first-order valence-corrected chi connectivity index (χ1v) is 8.17. The molecule has 2 rings (SSSR count). The number of hydrogen-bond acceptors (Lipinski definition) is 3. The van der Waals surface area contributed by atoms with Crippen molar-refractivity contribution in [2.75, 3.05) is 26.7 Å². The lowest BCUT2D eigenvalue weighted by Gasteiger charge is -2.19. The Morgan fingerprint density at radius 1 is 1.55 bits per heavy atom. The molecule has 1 aromatic rings. The summed E-state index contributed by atoms with van der Waals surface area (Å²) in [6.07, 6.45) is 6.61. The Labute approximate surface area is 132 Å². The van der Waals surface area contributed by atoms with Crippen LogP contribution in [0.4, 0.5) is 4.79 Å². The normalized spacial score (nSPS) is 17.7. The van der Waals surface area contributed by atoms with Crippen molar-refractivity contribution >= 4 is 6.03 Å². The minimum Gasteiger partial charge on any atom is -0.378 e. The predicted octanol–water partition coefficient (Wildman–Crippen LogP) is 2.10. The van der Waals surface area contributed by atoms with Gasteiger partial charge in [-0.15, -0.1) is 0 Å². The lowest BCUT2D eigenvalue weighted by molar-refractivity contribution is 0.100. The van der Waals surface area contributed by atoms with E-state index in [9.17, 15) is 4.79 Å². The van der Waals surface area contributed by atoms with E-state index in [1.165, 1.54) is 12.8 Å². The topological polar surface area (TPSA) is 59.4 Å². The number of aromatic nitrogens is 2. The van der Waals surface area contributed by atoms with E-state index in [1.54, 1.807) is 4.90 Å². The van der Waals surface area contributed by atoms with Crippen molar-refractivity contribution in [1.29, 1.82) is 0 Å². The zero-order valence-electron chi connectivity index (χ0n) is 14.0. The molecule has 1 unspecified atom stereocenters. The highest BCUT2D eigenvalue weighted by Gasteiger charge is 2.15. The first-order valence-electron chi connectivity index (χ1n) is 8.17. The van der Waals surface area contributed by atoms with Crippen LogP contribution < -0.4 is 5.32 Å². The molecule has 124 valence electrons. The number of aryl methyl sites for hydroxylation is 1. The molecule has 22 heavy (non-hydrogen) atoms. The number of imidazole rings is 1. The van der Waals surface area contributed by atoms with E-state index in [4.69, 9.17) is 4.74 Å². The average molecular weight is 308 g/mol. The van der Waals surface area contributed by atoms with Gasteiger partial charge in [-0.3, -0.25) is 0 Å². The Morgan fingerprint density at radius 2 is 2.36 bits per heavy atom. The molecule has 0 saturated carbocycles. The van der Waals surface area contributed by atoms with Crippen LogP contribution in [-0.4, -0.2) is 53.3 Å². The van der Waals surface area contributed by atoms with Gasteiger partial charge >= 0.3 is 6.03 Å². The summed E-state index contributed by atoms with van der Waals surface area (Å²) >= 11 is 0. The molecule has 1 fully saturated rings. The SMILES string of the molecule is Cc1ncn(CCNC(=O)N(C)CCCC2CCCO2)c1C. The van der Waals surface area contributed by atoms with Gasteiger partial charge in [0.1, 0.15) is 0 Å². The average Bonchev–Trinajstić information content (AvgIpc) is 3.12. The van der Waals surface area contributed by atoms with Crippen molar-refractivity contribution in [2.24, 2.45) is 0 Å². The lowest BCUT2D eigenvalue weighted by Crippen LogP contribution is -2.39. The number of hydrogen-bond donors (Lipinski definition) is 1. The van der Waals surface area contributed by atoms with Crippen molar-refractivity contribution < 1.29 is 9.53 Å². The van der Waals surface area contributed by atoms with E-state index in [1.807, 2.05) is 27.2 Å². The fraction of sp³-hybridized carbons (Fsp3) is 0.750. The summed E-state index contributed by atoms with van der Waals surface area (Å²) in [6.45, 7) is 7.07. The van der Waals surface area contributed by atoms with Gasteiger partial charge in [-0.1, -0.05) is 0 Å². The van der Waals surface area contributed by atoms with Crippen LogP contribution in [0.15, 0.2) is 6.33 Å². The highest BCUT2D eigenvalue weighted by molar-refractivity contribution is 5.73. The summed E-state index contributed by atoms with van der Waals surface area (Å²) in [5.41, 5.74) is 2.19. The fourth-order valence-electron chi connectivity index (χ4n) is 2.72. The van der Waals surface area contributed by atoms with E-state index in [-0.39, 0.29) is 6.03 Å². The molecule has 1 N–H and O–H groups in total. The Balaban J connectivity index is 1.60. The van der Waals surface area contributed by atoms with Gasteiger partial charge in [0.25, 0.3) is 0 Å². The molecular formula is C16H28N4O2. The van der Waals surface area contributed by atoms with Gasteiger partial charge in [-0.05, 0) is 39.5 Å². The number of carbonyl (C=O) groups is 1. The standard InChI is InChI=1S/C16H28N4O2/c1-13-14(2)20(12-18-13)10-8-17-16(21)19(3)9-4-6-15-7-5-11-22-15/h12,15H,4-11H2,1-3H3,(H,17,21). The van der Waals surface area contributed by atoms with Crippen molar-refractivity contribution in [3.63, 3.8) is 0 Å². The molecule has 2 amide bonds. The van der Waals surface area contributed by atoms with Crippen molar-refractivity contribution in [3.8, 4) is 0 Å². The maximum atomic E-state index is 12.0. The predicted molar refractivity (Wildman–Crippen MR) is 85.9 cm³/mol. The Bertz CT molecular complexity index is 480. The van der Waals surface area contributed by atoms with Gasteiger partial charge in [-0.2, -0.15) is 0 Å². The summed E-state index contributed by atoms with van der Waals surface area (Å²) in [4.78, 5) is 18.0. The molecule has 1 aromatic heterocycles. The van der Waals surface area contributed by atoms with Gasteiger partial charge in [0, 0.05) is 39.0 Å². The third-order valence-electron chi connectivity index (χ3n) is 4.36. The molecule has 6 heteroatoms. The van der Waals surface area contributed by atoms with E-state index >= 15 is 0 Å². The van der Waals surface area contributed by atoms with Gasteiger partial charge in [0.15, 0.2) is 0 Å². The third kappa shape index (κ3) is 4.73. The van der Waals surface area contributed by atoms with Gasteiger partial charge in [0.2, 0.25) is 0 Å². The Hall–Kier alpha value is -1.56. The molecule has 2 heterocycles. The minimum absolute atomic E-state index is 0.0122. The molecule has 1 aliphatic heterocycles. The fourth-order valence-corrected chi connectivity index (χ4v) is 2.72. The minimum atomic E-state index is -0.0122. The number of amides is 2. The summed E-state index contributed by atoms with van der Waals surface area (Å²) in [5.74, 6) is 0. The van der Waals surface area contributed by atoms with E-state index in [0.717, 1.165) is 43.9 Å². The van der Waals surface area contributed by atoms with Crippen LogP contribution in [0.2, 0.25) is 0 Å². The molecule has 0 bridgehead atoms. The number of ether oxygens (including phenoxy) is 1. The van der Waals surface area contributed by atoms with Crippen molar-refractivity contribution in [1.82, 2.24) is 19.8 Å². The highest BCUT2D eigenvalue weighted by Crippen LogP contribution is 2.16. The van der Waals surface area contributed by atoms with Gasteiger partial charge in [0.05, 0.1) is 18.1 Å². The summed E-state index contributed by atoms with van der Waals surface area (Å²) in [7, 11) is 1.84. The first-order chi connectivity index (χ1) is 10.6. The lowest BCUT2D eigenvalue weighted by atomic mass is 10.1. The monoisotopic (exact) mass is 308 g/mol. The van der Waals surface area contributed by atoms with E-state index in [2.05, 4.69) is 14.9 Å². The van der Waals surface area contributed by atoms with Crippen LogP contribution >= 0.6 is 0 Å². The molecule has 1 atom stereocenters. The number of carbonyl (C=O) groups excluding carboxylic acids is 1. The molecule has 0 aliphatic carbocycles. The molecule has 1 saturated heterocycles. The van der Waals surface area contributed by atoms with Crippen LogP contribution in [0.25, 0.3) is 0 Å². The molecule has 6 nitrogen and oxygen atoms in total. The maximum absolute atomic E-state index is 12.0. The zero-order chi connectivity index (χ0) is 15.9. The Morgan fingerprint density at radius 3 is 3.00 bits per heavy atom. The Kier molecular flexibility index (Phi) is 6.24. The highest BCUT2D eigenvalue weighted by atomic mass is 16.5. The van der Waals surface area contributed by atoms with Crippen LogP contribution in [0.3, 0.4) is 0 Å². The van der Waals surface area contributed by atoms with Gasteiger partial charge < -0.3 is 19.5 Å². The number of rotatable bonds is 7. The second-order valence-corrected chi connectivity index (χ2v) is 6.04. The second kappa shape index (κ2) is 8.17. The third-order valence-corrected chi connectivity index (χ3v) is 4.36. The summed E-state index contributed by atoms with van der Waals surface area (Å²) < 4.78 is 7.66. The molecule has 0 radical (unpaired) electrons. The van der Waals surface area contributed by atoms with Crippen LogP contribution in [0, 0.1) is 13.8 Å². The molecular weight excluding hydrogens is 280 g/mol. The smallest absolute Gasteiger partial charge is 0.317 e.